The summed E-state index contributed by atoms with van der Waals surface area (Å²) >= 11 is 3.24. The average Bonchev–Trinajstić information content (AvgIpc) is 2.39. The van der Waals surface area contributed by atoms with Crippen LogP contribution in [-0.4, -0.2) is 6.54 Å². The summed E-state index contributed by atoms with van der Waals surface area (Å²) in [6.45, 7) is 3.40. The highest BCUT2D eigenvalue weighted by atomic mass is 79.9. The van der Waals surface area contributed by atoms with Crippen molar-refractivity contribution in [3.05, 3.63) is 0 Å². The Morgan fingerprint density at radius 1 is 0.556 bits per heavy atom. The molecule has 0 saturated carbocycles. The van der Waals surface area contributed by atoms with Gasteiger partial charge < -0.3 is 0 Å². The van der Waals surface area contributed by atoms with E-state index >= 15 is 0 Å². The summed E-state index contributed by atoms with van der Waals surface area (Å²) in [5, 5.41) is 0. The molecular weight excluding hydrogens is 286 g/mol. The summed E-state index contributed by atoms with van der Waals surface area (Å²) in [7, 11) is 0. The smallest absolute Gasteiger partial charge is 0.00875 e. The molecule has 1 nitrogen and oxygen atoms in total. The predicted octanol–water partition coefficient (Wildman–Crippen LogP) is 6.37. The fourth-order valence-electron chi connectivity index (χ4n) is 2.39. The van der Waals surface area contributed by atoms with Crippen molar-refractivity contribution in [3.8, 4) is 0 Å². The molecule has 0 radical (unpaired) electrons. The quantitative estimate of drug-likeness (QED) is 0.273. The van der Waals surface area contributed by atoms with Crippen LogP contribution in [0.25, 0.3) is 0 Å². The maximum atomic E-state index is 3.24. The molecule has 0 amide bonds. The first-order valence-corrected chi connectivity index (χ1v) is 9.04. The maximum Gasteiger partial charge on any atom is 0.00875 e. The predicted molar refractivity (Wildman–Crippen MR) is 87.2 cm³/mol. The number of hydrogen-bond donors (Lipinski definition) is 1. The van der Waals surface area contributed by atoms with E-state index in [2.05, 4.69) is 27.4 Å². The second-order valence-corrected chi connectivity index (χ2v) is 6.04. The summed E-state index contributed by atoms with van der Waals surface area (Å²) in [5.41, 5.74) is 0. The molecule has 0 spiro atoms. The molecule has 0 bridgehead atoms. The van der Waals surface area contributed by atoms with Crippen LogP contribution >= 0.6 is 16.1 Å². The van der Waals surface area contributed by atoms with Crippen molar-refractivity contribution in [2.75, 3.05) is 6.54 Å². The molecule has 0 fully saturated rings. The largest absolute Gasteiger partial charge is 0.256 e. The minimum atomic E-state index is 1.11. The highest BCUT2D eigenvalue weighted by molar-refractivity contribution is 9.08. The molecule has 0 aliphatic rings. The topological polar surface area (TPSA) is 12.0 Å². The van der Waals surface area contributed by atoms with E-state index in [0.717, 1.165) is 6.54 Å². The SMILES string of the molecule is CCCCCCCCCCCCCCCCNBr. The van der Waals surface area contributed by atoms with Crippen LogP contribution in [0.5, 0.6) is 0 Å². The molecular formula is C16H34BrN. The Labute approximate surface area is 124 Å². The Morgan fingerprint density at radius 3 is 1.22 bits per heavy atom. The molecule has 0 aliphatic carbocycles. The number of rotatable bonds is 15. The fourth-order valence-corrected chi connectivity index (χ4v) is 2.67. The van der Waals surface area contributed by atoms with Gasteiger partial charge in [0.05, 0.1) is 0 Å². The zero-order chi connectivity index (χ0) is 13.3. The highest BCUT2D eigenvalue weighted by Crippen LogP contribution is 2.12. The van der Waals surface area contributed by atoms with E-state index in [1.54, 1.807) is 0 Å². The van der Waals surface area contributed by atoms with Gasteiger partial charge in [-0.15, -0.1) is 0 Å². The summed E-state index contributed by atoms with van der Waals surface area (Å²) in [4.78, 5) is 0. The Hall–Kier alpha value is 0.440. The minimum Gasteiger partial charge on any atom is -0.256 e. The van der Waals surface area contributed by atoms with Crippen LogP contribution in [0.2, 0.25) is 0 Å². The number of unbranched alkanes of at least 4 members (excludes halogenated alkanes) is 13. The second-order valence-electron chi connectivity index (χ2n) is 5.48. The molecule has 0 unspecified atom stereocenters. The average molecular weight is 320 g/mol. The Kier molecular flexibility index (Phi) is 17.9. The van der Waals surface area contributed by atoms with Crippen LogP contribution in [0.15, 0.2) is 0 Å². The van der Waals surface area contributed by atoms with Gasteiger partial charge in [-0.1, -0.05) is 90.4 Å². The molecule has 0 saturated heterocycles. The first-order valence-electron chi connectivity index (χ1n) is 8.25. The van der Waals surface area contributed by atoms with Crippen LogP contribution in [0.3, 0.4) is 0 Å². The van der Waals surface area contributed by atoms with Crippen molar-refractivity contribution in [2.24, 2.45) is 0 Å². The van der Waals surface area contributed by atoms with Gasteiger partial charge >= 0.3 is 0 Å². The lowest BCUT2D eigenvalue weighted by Crippen LogP contribution is -1.98. The van der Waals surface area contributed by atoms with Gasteiger partial charge in [0.25, 0.3) is 0 Å². The summed E-state index contributed by atoms with van der Waals surface area (Å²) in [6.07, 6.45) is 20.1. The molecule has 110 valence electrons. The molecule has 0 rings (SSSR count). The number of halogens is 1. The lowest BCUT2D eigenvalue weighted by Gasteiger charge is -2.03. The minimum absolute atomic E-state index is 1.11. The van der Waals surface area contributed by atoms with Crippen molar-refractivity contribution in [2.45, 2.75) is 96.8 Å². The van der Waals surface area contributed by atoms with Gasteiger partial charge in [-0.3, -0.25) is 4.34 Å². The molecule has 0 atom stereocenters. The van der Waals surface area contributed by atoms with Crippen molar-refractivity contribution >= 4 is 16.1 Å². The van der Waals surface area contributed by atoms with E-state index in [1.165, 1.54) is 89.9 Å². The highest BCUT2D eigenvalue weighted by Gasteiger charge is 1.93. The van der Waals surface area contributed by atoms with Crippen LogP contribution in [-0.2, 0) is 0 Å². The normalized spacial score (nSPS) is 11.0. The van der Waals surface area contributed by atoms with Gasteiger partial charge in [0.1, 0.15) is 0 Å². The van der Waals surface area contributed by atoms with E-state index in [-0.39, 0.29) is 0 Å². The van der Waals surface area contributed by atoms with E-state index in [0.29, 0.717) is 0 Å². The molecule has 0 aliphatic heterocycles. The summed E-state index contributed by atoms with van der Waals surface area (Å²) < 4.78 is 3.02. The summed E-state index contributed by atoms with van der Waals surface area (Å²) in [5.74, 6) is 0. The van der Waals surface area contributed by atoms with E-state index in [4.69, 9.17) is 0 Å². The fraction of sp³-hybridized carbons (Fsp3) is 1.00. The first-order chi connectivity index (χ1) is 8.91. The van der Waals surface area contributed by atoms with Crippen LogP contribution in [0.1, 0.15) is 96.8 Å². The van der Waals surface area contributed by atoms with Gasteiger partial charge in [-0.25, -0.2) is 0 Å². The van der Waals surface area contributed by atoms with Crippen LogP contribution in [0.4, 0.5) is 0 Å². The molecule has 1 N–H and O–H groups in total. The summed E-state index contributed by atoms with van der Waals surface area (Å²) in [6, 6.07) is 0. The Balaban J connectivity index is 2.86. The third-order valence-electron chi connectivity index (χ3n) is 3.62. The maximum absolute atomic E-state index is 3.24. The van der Waals surface area contributed by atoms with Crippen LogP contribution < -0.4 is 4.34 Å². The Bertz CT molecular complexity index is 123. The zero-order valence-corrected chi connectivity index (χ0v) is 14.1. The van der Waals surface area contributed by atoms with Gasteiger partial charge in [0.2, 0.25) is 0 Å². The van der Waals surface area contributed by atoms with Crippen LogP contribution in [0, 0.1) is 0 Å². The van der Waals surface area contributed by atoms with E-state index in [9.17, 15) is 0 Å². The lowest BCUT2D eigenvalue weighted by molar-refractivity contribution is 0.535. The second kappa shape index (κ2) is 17.4. The standard InChI is InChI=1S/C16H34BrN/c1-2-3-4-5-6-7-8-9-10-11-12-13-14-15-16-18-17/h18H,2-16H2,1H3. The third-order valence-corrected chi connectivity index (χ3v) is 4.02. The zero-order valence-electron chi connectivity index (χ0n) is 12.5. The van der Waals surface area contributed by atoms with Gasteiger partial charge in [0, 0.05) is 22.7 Å². The molecule has 0 aromatic carbocycles. The van der Waals surface area contributed by atoms with Crippen molar-refractivity contribution in [3.63, 3.8) is 0 Å². The molecule has 0 aromatic heterocycles. The molecule has 0 heterocycles. The van der Waals surface area contributed by atoms with Gasteiger partial charge in [0.15, 0.2) is 0 Å². The van der Waals surface area contributed by atoms with Crippen molar-refractivity contribution in [1.29, 1.82) is 0 Å². The Morgan fingerprint density at radius 2 is 0.889 bits per heavy atom. The number of hydrogen-bond acceptors (Lipinski definition) is 1. The lowest BCUT2D eigenvalue weighted by atomic mass is 10.0. The first kappa shape index (κ1) is 18.4. The molecule has 2 heteroatoms. The van der Waals surface area contributed by atoms with Crippen molar-refractivity contribution in [1.82, 2.24) is 4.34 Å². The third kappa shape index (κ3) is 16.4. The van der Waals surface area contributed by atoms with Crippen molar-refractivity contribution < 1.29 is 0 Å². The van der Waals surface area contributed by atoms with Gasteiger partial charge in [-0.2, -0.15) is 0 Å². The molecule has 18 heavy (non-hydrogen) atoms. The molecule has 0 aromatic rings. The van der Waals surface area contributed by atoms with Gasteiger partial charge in [-0.05, 0) is 6.42 Å². The monoisotopic (exact) mass is 319 g/mol. The number of nitrogens with one attached hydrogen (secondary N) is 1. The van der Waals surface area contributed by atoms with E-state index in [1.807, 2.05) is 0 Å². The van der Waals surface area contributed by atoms with E-state index < -0.39 is 0 Å².